The number of ether oxygens (including phenoxy) is 1. The highest BCUT2D eigenvalue weighted by Gasteiger charge is 2.11. The Morgan fingerprint density at radius 2 is 1.82 bits per heavy atom. The molecule has 4 nitrogen and oxygen atoms in total. The lowest BCUT2D eigenvalue weighted by atomic mass is 9.99. The van der Waals surface area contributed by atoms with Gasteiger partial charge in [0, 0.05) is 22.6 Å². The van der Waals surface area contributed by atoms with Crippen molar-refractivity contribution in [1.82, 2.24) is 9.97 Å². The first-order valence-corrected chi connectivity index (χ1v) is 7.51. The summed E-state index contributed by atoms with van der Waals surface area (Å²) >= 11 is 0. The third-order valence-electron chi connectivity index (χ3n) is 3.61. The van der Waals surface area contributed by atoms with Gasteiger partial charge in [-0.15, -0.1) is 0 Å². The summed E-state index contributed by atoms with van der Waals surface area (Å²) in [5.41, 5.74) is 9.85. The number of pyridine rings is 2. The van der Waals surface area contributed by atoms with Crippen molar-refractivity contribution in [2.75, 3.05) is 12.3 Å². The van der Waals surface area contributed by atoms with Crippen LogP contribution in [0.15, 0.2) is 42.5 Å². The van der Waals surface area contributed by atoms with E-state index >= 15 is 0 Å². The number of rotatable bonds is 4. The first-order chi connectivity index (χ1) is 10.7. The van der Waals surface area contributed by atoms with E-state index < -0.39 is 0 Å². The quantitative estimate of drug-likeness (QED) is 0.794. The molecular formula is C18H19N3O. The van der Waals surface area contributed by atoms with Gasteiger partial charge in [0.25, 0.3) is 0 Å². The van der Waals surface area contributed by atoms with Crippen LogP contribution >= 0.6 is 0 Å². The minimum absolute atomic E-state index is 0.545. The normalized spacial score (nSPS) is 10.8. The molecule has 2 N–H and O–H groups in total. The molecule has 22 heavy (non-hydrogen) atoms. The van der Waals surface area contributed by atoms with Gasteiger partial charge in [0.2, 0.25) is 5.88 Å². The SMILES string of the molecule is CCOc1ccc2cccc(-c3ccc(N)nc3CC)c2n1. The fraction of sp³-hybridized carbons (Fsp3) is 0.222. The minimum atomic E-state index is 0.545. The summed E-state index contributed by atoms with van der Waals surface area (Å²) in [7, 11) is 0. The standard InChI is InChI=1S/C18H19N3O/c1-3-15-13(9-10-16(19)20-15)14-7-5-6-12-8-11-17(22-4-2)21-18(12)14/h5-11H,3-4H2,1-2H3,(H2,19,20). The Bertz CT molecular complexity index is 815. The van der Waals surface area contributed by atoms with Crippen LogP contribution in [-0.2, 0) is 6.42 Å². The van der Waals surface area contributed by atoms with Crippen LogP contribution in [0.25, 0.3) is 22.0 Å². The summed E-state index contributed by atoms with van der Waals surface area (Å²) in [4.78, 5) is 9.11. The number of anilines is 1. The maximum atomic E-state index is 5.81. The van der Waals surface area contributed by atoms with Crippen LogP contribution in [0.5, 0.6) is 5.88 Å². The van der Waals surface area contributed by atoms with E-state index in [0.717, 1.165) is 34.1 Å². The lowest BCUT2D eigenvalue weighted by Gasteiger charge is -2.11. The zero-order valence-electron chi connectivity index (χ0n) is 12.8. The highest BCUT2D eigenvalue weighted by molar-refractivity contribution is 5.94. The number of hydrogen-bond acceptors (Lipinski definition) is 4. The van der Waals surface area contributed by atoms with E-state index in [1.54, 1.807) is 0 Å². The lowest BCUT2D eigenvalue weighted by Crippen LogP contribution is -1.99. The number of para-hydroxylation sites is 1. The predicted octanol–water partition coefficient (Wildman–Crippen LogP) is 3.84. The highest BCUT2D eigenvalue weighted by atomic mass is 16.5. The van der Waals surface area contributed by atoms with Crippen LogP contribution < -0.4 is 10.5 Å². The molecular weight excluding hydrogens is 274 g/mol. The third-order valence-corrected chi connectivity index (χ3v) is 3.61. The van der Waals surface area contributed by atoms with E-state index in [1.807, 2.05) is 37.3 Å². The maximum absolute atomic E-state index is 5.81. The summed E-state index contributed by atoms with van der Waals surface area (Å²) < 4.78 is 5.53. The summed E-state index contributed by atoms with van der Waals surface area (Å²) in [6, 6.07) is 13.9. The number of nitrogens with two attached hydrogens (primary N) is 1. The number of nitrogen functional groups attached to an aromatic ring is 1. The molecule has 3 aromatic rings. The molecule has 3 rings (SSSR count). The van der Waals surface area contributed by atoms with Crippen molar-refractivity contribution >= 4 is 16.7 Å². The second kappa shape index (κ2) is 6.02. The highest BCUT2D eigenvalue weighted by Crippen LogP contribution is 2.31. The van der Waals surface area contributed by atoms with Gasteiger partial charge in [0.05, 0.1) is 17.8 Å². The molecule has 0 amide bonds. The molecule has 0 unspecified atom stereocenters. The van der Waals surface area contributed by atoms with E-state index in [-0.39, 0.29) is 0 Å². The largest absolute Gasteiger partial charge is 0.478 e. The molecule has 2 aromatic heterocycles. The minimum Gasteiger partial charge on any atom is -0.478 e. The van der Waals surface area contributed by atoms with E-state index in [9.17, 15) is 0 Å². The average Bonchev–Trinajstić information content (AvgIpc) is 2.54. The van der Waals surface area contributed by atoms with Gasteiger partial charge < -0.3 is 10.5 Å². The Morgan fingerprint density at radius 3 is 2.59 bits per heavy atom. The van der Waals surface area contributed by atoms with Gasteiger partial charge in [-0.25, -0.2) is 9.97 Å². The van der Waals surface area contributed by atoms with Crippen molar-refractivity contribution < 1.29 is 4.74 Å². The van der Waals surface area contributed by atoms with E-state index in [2.05, 4.69) is 29.0 Å². The van der Waals surface area contributed by atoms with Gasteiger partial charge in [-0.05, 0) is 31.5 Å². The van der Waals surface area contributed by atoms with Gasteiger partial charge in [-0.2, -0.15) is 0 Å². The number of aromatic nitrogens is 2. The zero-order chi connectivity index (χ0) is 15.5. The number of aryl methyl sites for hydroxylation is 1. The second-order valence-electron chi connectivity index (χ2n) is 5.04. The number of benzene rings is 1. The van der Waals surface area contributed by atoms with Crippen LogP contribution in [0, 0.1) is 0 Å². The molecule has 0 radical (unpaired) electrons. The van der Waals surface area contributed by atoms with E-state index in [1.165, 1.54) is 0 Å². The number of fused-ring (bicyclic) bond motifs is 1. The molecule has 0 saturated heterocycles. The molecule has 0 aliphatic heterocycles. The maximum Gasteiger partial charge on any atom is 0.213 e. The number of nitrogens with zero attached hydrogens (tertiary/aromatic N) is 2. The molecule has 0 aliphatic carbocycles. The van der Waals surface area contributed by atoms with Gasteiger partial charge in [-0.3, -0.25) is 0 Å². The molecule has 0 aliphatic rings. The fourth-order valence-electron chi connectivity index (χ4n) is 2.61. The van der Waals surface area contributed by atoms with Crippen molar-refractivity contribution in [2.45, 2.75) is 20.3 Å². The van der Waals surface area contributed by atoms with E-state index in [4.69, 9.17) is 10.5 Å². The van der Waals surface area contributed by atoms with Crippen molar-refractivity contribution in [3.05, 3.63) is 48.2 Å². The Kier molecular flexibility index (Phi) is 3.92. The third kappa shape index (κ3) is 2.60. The molecule has 0 spiro atoms. The Hall–Kier alpha value is -2.62. The van der Waals surface area contributed by atoms with Crippen LogP contribution in [0.4, 0.5) is 5.82 Å². The molecule has 0 saturated carbocycles. The Balaban J connectivity index is 2.24. The predicted molar refractivity (Wildman–Crippen MR) is 89.9 cm³/mol. The molecule has 0 atom stereocenters. The van der Waals surface area contributed by atoms with Crippen LogP contribution in [0.2, 0.25) is 0 Å². The smallest absolute Gasteiger partial charge is 0.213 e. The molecule has 1 aromatic carbocycles. The first-order valence-electron chi connectivity index (χ1n) is 7.51. The van der Waals surface area contributed by atoms with Gasteiger partial charge in [-0.1, -0.05) is 25.1 Å². The molecule has 2 heterocycles. The number of hydrogen-bond donors (Lipinski definition) is 1. The fourth-order valence-corrected chi connectivity index (χ4v) is 2.61. The lowest BCUT2D eigenvalue weighted by molar-refractivity contribution is 0.328. The van der Waals surface area contributed by atoms with Crippen LogP contribution in [0.1, 0.15) is 19.5 Å². The molecule has 0 fully saturated rings. The second-order valence-corrected chi connectivity index (χ2v) is 5.04. The Labute approximate surface area is 130 Å². The summed E-state index contributed by atoms with van der Waals surface area (Å²) in [6.45, 7) is 4.64. The van der Waals surface area contributed by atoms with Crippen molar-refractivity contribution in [3.63, 3.8) is 0 Å². The Morgan fingerprint density at radius 1 is 0.955 bits per heavy atom. The molecule has 0 bridgehead atoms. The average molecular weight is 293 g/mol. The van der Waals surface area contributed by atoms with Gasteiger partial charge in [0.1, 0.15) is 5.82 Å². The van der Waals surface area contributed by atoms with Gasteiger partial charge in [0.15, 0.2) is 0 Å². The van der Waals surface area contributed by atoms with E-state index in [0.29, 0.717) is 18.3 Å². The molecule has 4 heteroatoms. The van der Waals surface area contributed by atoms with Crippen molar-refractivity contribution in [1.29, 1.82) is 0 Å². The van der Waals surface area contributed by atoms with Crippen LogP contribution in [0.3, 0.4) is 0 Å². The van der Waals surface area contributed by atoms with Gasteiger partial charge >= 0.3 is 0 Å². The molecule has 112 valence electrons. The van der Waals surface area contributed by atoms with Crippen LogP contribution in [-0.4, -0.2) is 16.6 Å². The zero-order valence-corrected chi connectivity index (χ0v) is 12.8. The summed E-state index contributed by atoms with van der Waals surface area (Å²) in [5.74, 6) is 1.19. The monoisotopic (exact) mass is 293 g/mol. The first kappa shape index (κ1) is 14.3. The topological polar surface area (TPSA) is 61.0 Å². The summed E-state index contributed by atoms with van der Waals surface area (Å²) in [5, 5.41) is 1.08. The van der Waals surface area contributed by atoms with Crippen molar-refractivity contribution in [2.24, 2.45) is 0 Å². The summed E-state index contributed by atoms with van der Waals surface area (Å²) in [6.07, 6.45) is 0.821. The van der Waals surface area contributed by atoms with Crippen molar-refractivity contribution in [3.8, 4) is 17.0 Å².